The van der Waals surface area contributed by atoms with Gasteiger partial charge in [0.05, 0.1) is 26.3 Å². The molecule has 3 aliphatic rings. The van der Waals surface area contributed by atoms with Gasteiger partial charge in [-0.2, -0.15) is 13.2 Å². The molecule has 3 fully saturated rings. The Hall–Kier alpha value is -0.0400. The minimum atomic E-state index is -4.50. The van der Waals surface area contributed by atoms with Crippen LogP contribution >= 0.6 is 44.6 Å². The van der Waals surface area contributed by atoms with E-state index in [2.05, 4.69) is 9.21 Å². The van der Waals surface area contributed by atoms with Gasteiger partial charge >= 0.3 is 6.18 Å². The zero-order valence-corrected chi connectivity index (χ0v) is 25.8. The molecule has 1 aromatic carbocycles. The summed E-state index contributed by atoms with van der Waals surface area (Å²) in [6.45, 7) is 8.54. The van der Waals surface area contributed by atoms with E-state index in [4.69, 9.17) is 23.2 Å². The largest absolute Gasteiger partial charge is 0.416 e. The van der Waals surface area contributed by atoms with Crippen LogP contribution in [-0.4, -0.2) is 79.5 Å². The summed E-state index contributed by atoms with van der Waals surface area (Å²) < 4.78 is 65.6. The van der Waals surface area contributed by atoms with Gasteiger partial charge in [0.2, 0.25) is 0 Å². The van der Waals surface area contributed by atoms with Gasteiger partial charge in [-0.1, -0.05) is 33.9 Å². The SMILES string of the molecule is C/C=S(\c1c(Cl)cc(C(F)(F)F)cc1Cl)N1CCC(CCS(O)(O)N2CCC(CCN3CCCC3)CC2)CC1. The topological polar surface area (TPSA) is 50.2 Å². The molecule has 0 aliphatic carbocycles. The minimum Gasteiger partial charge on any atom is -0.303 e. The van der Waals surface area contributed by atoms with Crippen molar-refractivity contribution in [2.45, 2.75) is 69.4 Å². The molecule has 12 heteroatoms. The van der Waals surface area contributed by atoms with Crippen molar-refractivity contribution in [1.82, 2.24) is 13.5 Å². The molecule has 1 unspecified atom stereocenters. The molecule has 1 aromatic rings. The summed E-state index contributed by atoms with van der Waals surface area (Å²) >= 11 is 12.6. The van der Waals surface area contributed by atoms with Crippen LogP contribution in [-0.2, 0) is 6.18 Å². The number of hydrogen-bond donors (Lipinski definition) is 2. The lowest BCUT2D eigenvalue weighted by Crippen LogP contribution is -2.38. The number of alkyl halides is 3. The Balaban J connectivity index is 1.23. The van der Waals surface area contributed by atoms with Crippen LogP contribution in [0.5, 0.6) is 0 Å². The van der Waals surface area contributed by atoms with Crippen molar-refractivity contribution in [1.29, 1.82) is 0 Å². The fraction of sp³-hybridized carbons (Fsp3) is 0.741. The van der Waals surface area contributed by atoms with Crippen LogP contribution in [0.15, 0.2) is 17.0 Å². The highest BCUT2D eigenvalue weighted by molar-refractivity contribution is 8.22. The first-order chi connectivity index (χ1) is 18.5. The zero-order chi connectivity index (χ0) is 28.2. The average molecular weight is 633 g/mol. The van der Waals surface area contributed by atoms with Crippen molar-refractivity contribution in [2.24, 2.45) is 11.8 Å². The van der Waals surface area contributed by atoms with Gasteiger partial charge in [0, 0.05) is 26.2 Å². The van der Waals surface area contributed by atoms with E-state index in [0.29, 0.717) is 22.5 Å². The number of benzene rings is 1. The van der Waals surface area contributed by atoms with Crippen molar-refractivity contribution in [3.05, 3.63) is 27.7 Å². The van der Waals surface area contributed by atoms with Crippen LogP contribution in [0, 0.1) is 11.8 Å². The molecule has 0 saturated carbocycles. The molecule has 0 amide bonds. The van der Waals surface area contributed by atoms with Crippen molar-refractivity contribution < 1.29 is 22.3 Å². The first-order valence-corrected chi connectivity index (χ1v) is 17.7. The second-order valence-electron chi connectivity index (χ2n) is 11.0. The molecule has 0 radical (unpaired) electrons. The maximum Gasteiger partial charge on any atom is 0.416 e. The predicted molar refractivity (Wildman–Crippen MR) is 160 cm³/mol. The Bertz CT molecular complexity index is 970. The molecule has 3 saturated heterocycles. The molecular weight excluding hydrogens is 590 g/mol. The summed E-state index contributed by atoms with van der Waals surface area (Å²) in [5.74, 6) is 1.46. The third-order valence-corrected chi connectivity index (χ3v) is 13.5. The van der Waals surface area contributed by atoms with Crippen LogP contribution < -0.4 is 0 Å². The maximum atomic E-state index is 13.2. The number of likely N-dealkylation sites (tertiary alicyclic amines) is 1. The van der Waals surface area contributed by atoms with E-state index in [-0.39, 0.29) is 10.0 Å². The highest BCUT2D eigenvalue weighted by Crippen LogP contribution is 2.49. The smallest absolute Gasteiger partial charge is 0.303 e. The second-order valence-corrected chi connectivity index (χ2v) is 16.1. The van der Waals surface area contributed by atoms with E-state index in [0.717, 1.165) is 70.4 Å². The summed E-state index contributed by atoms with van der Waals surface area (Å²) in [4.78, 5) is 3.09. The predicted octanol–water partition coefficient (Wildman–Crippen LogP) is 8.34. The highest BCUT2D eigenvalue weighted by atomic mass is 35.5. The van der Waals surface area contributed by atoms with E-state index < -0.39 is 33.2 Å². The molecule has 39 heavy (non-hydrogen) atoms. The molecule has 5 nitrogen and oxygen atoms in total. The number of hydrogen-bond acceptors (Lipinski definition) is 5. The number of piperidine rings is 2. The first kappa shape index (κ1) is 31.9. The van der Waals surface area contributed by atoms with Crippen LogP contribution in [0.4, 0.5) is 13.2 Å². The fourth-order valence-corrected chi connectivity index (χ4v) is 10.6. The summed E-state index contributed by atoms with van der Waals surface area (Å²) in [6.07, 6.45) is 3.96. The molecule has 224 valence electrons. The van der Waals surface area contributed by atoms with Crippen LogP contribution in [0.3, 0.4) is 0 Å². The highest BCUT2D eigenvalue weighted by Gasteiger charge is 2.34. The lowest BCUT2D eigenvalue weighted by Gasteiger charge is -2.47. The molecule has 3 heterocycles. The molecule has 1 atom stereocenters. The molecule has 3 aliphatic heterocycles. The van der Waals surface area contributed by atoms with Gasteiger partial charge in [0.25, 0.3) is 0 Å². The van der Waals surface area contributed by atoms with E-state index in [1.54, 1.807) is 0 Å². The molecule has 0 spiro atoms. The summed E-state index contributed by atoms with van der Waals surface area (Å²) in [7, 11) is -3.38. The number of halogens is 5. The van der Waals surface area contributed by atoms with Gasteiger partial charge in [0.1, 0.15) is 0 Å². The van der Waals surface area contributed by atoms with Crippen LogP contribution in [0.1, 0.15) is 63.9 Å². The van der Waals surface area contributed by atoms with Crippen LogP contribution in [0.25, 0.3) is 0 Å². The van der Waals surface area contributed by atoms with Crippen molar-refractivity contribution in [2.75, 3.05) is 51.6 Å². The lowest BCUT2D eigenvalue weighted by molar-refractivity contribution is -0.137. The number of rotatable bonds is 9. The summed E-state index contributed by atoms with van der Waals surface area (Å²) in [5, 5.41) is 2.02. The van der Waals surface area contributed by atoms with Gasteiger partial charge in [-0.25, -0.2) is 4.31 Å². The zero-order valence-electron chi connectivity index (χ0n) is 22.6. The molecular formula is C27H42Cl2F3N3O2S2. The molecule has 0 aromatic heterocycles. The van der Waals surface area contributed by atoms with E-state index >= 15 is 0 Å². The Kier molecular flexibility index (Phi) is 11.4. The normalized spacial score (nSPS) is 23.1. The second kappa shape index (κ2) is 14.0. The Morgan fingerprint density at radius 2 is 1.46 bits per heavy atom. The Labute approximate surface area is 245 Å². The molecule has 2 N–H and O–H groups in total. The van der Waals surface area contributed by atoms with Crippen molar-refractivity contribution >= 4 is 50.0 Å². The summed E-state index contributed by atoms with van der Waals surface area (Å²) in [6, 6.07) is 1.92. The van der Waals surface area contributed by atoms with Crippen molar-refractivity contribution in [3.63, 3.8) is 0 Å². The van der Waals surface area contributed by atoms with Gasteiger partial charge in [0.15, 0.2) is 0 Å². The lowest BCUT2D eigenvalue weighted by atomic mass is 9.94. The minimum absolute atomic E-state index is 0.0344. The van der Waals surface area contributed by atoms with Gasteiger partial charge < -0.3 is 4.90 Å². The van der Waals surface area contributed by atoms with Crippen LogP contribution in [0.2, 0.25) is 10.0 Å². The third-order valence-electron chi connectivity index (χ3n) is 8.45. The first-order valence-electron chi connectivity index (χ1n) is 14.0. The average Bonchev–Trinajstić information content (AvgIpc) is 3.42. The quantitative estimate of drug-likeness (QED) is 0.268. The Morgan fingerprint density at radius 1 is 0.923 bits per heavy atom. The molecule has 4 rings (SSSR count). The third kappa shape index (κ3) is 8.51. The van der Waals surface area contributed by atoms with Crippen molar-refractivity contribution in [3.8, 4) is 0 Å². The summed E-state index contributed by atoms with van der Waals surface area (Å²) in [5.41, 5.74) is -0.843. The molecule has 0 bridgehead atoms. The van der Waals surface area contributed by atoms with E-state index in [9.17, 15) is 22.3 Å². The van der Waals surface area contributed by atoms with E-state index in [1.807, 2.05) is 16.6 Å². The standard InChI is InChI=1S/C27H42Cl2F3N3O2S2/c1-2-38(26-24(28)19-23(20-25(26)29)27(30,31)32)34-14-6-22(7-15-34)10-18-39(36,37)35-16-8-21(9-17-35)5-13-33-11-3-4-12-33/h2,19-22,36-37H,3-18H2,1H3. The van der Waals surface area contributed by atoms with E-state index in [1.165, 1.54) is 38.9 Å². The number of nitrogens with zero attached hydrogens (tertiary/aromatic N) is 3. The monoisotopic (exact) mass is 631 g/mol. The fourth-order valence-electron chi connectivity index (χ4n) is 6.03. The maximum absolute atomic E-state index is 13.2. The van der Waals surface area contributed by atoms with Gasteiger partial charge in [-0.05, 0) is 107 Å². The van der Waals surface area contributed by atoms with Gasteiger partial charge in [-0.15, -0.1) is 10.8 Å². The van der Waals surface area contributed by atoms with Gasteiger partial charge in [-0.3, -0.25) is 13.4 Å². The Morgan fingerprint density at radius 3 is 2.00 bits per heavy atom.